The van der Waals surface area contributed by atoms with Crippen LogP contribution in [0, 0.1) is 6.92 Å². The summed E-state index contributed by atoms with van der Waals surface area (Å²) in [6, 6.07) is 1.92. The van der Waals surface area contributed by atoms with Crippen LogP contribution in [0.15, 0.2) is 10.5 Å². The fourth-order valence-corrected chi connectivity index (χ4v) is 2.95. The van der Waals surface area contributed by atoms with Gasteiger partial charge < -0.3 is 4.42 Å². The van der Waals surface area contributed by atoms with Crippen molar-refractivity contribution in [3.05, 3.63) is 17.4 Å². The average molecular weight is 224 g/mol. The van der Waals surface area contributed by atoms with Gasteiger partial charge in [0.2, 0.25) is 0 Å². The van der Waals surface area contributed by atoms with E-state index in [0.717, 1.165) is 17.4 Å². The highest BCUT2D eigenvalue weighted by Gasteiger charge is 2.40. The summed E-state index contributed by atoms with van der Waals surface area (Å²) >= 11 is 0. The predicted molar refractivity (Wildman–Crippen MR) is 65.7 cm³/mol. The Bertz CT molecular complexity index is 369. The Hall–Kier alpha value is -0.833. The third kappa shape index (κ3) is 2.07. The maximum atomic E-state index is 10.8. The van der Waals surface area contributed by atoms with E-state index in [1.54, 1.807) is 0 Å². The highest BCUT2D eigenvalue weighted by molar-refractivity contribution is 6.91. The van der Waals surface area contributed by atoms with Gasteiger partial charge in [0.1, 0.15) is 13.8 Å². The number of furan rings is 1. The van der Waals surface area contributed by atoms with E-state index in [-0.39, 0.29) is 5.04 Å². The molecule has 0 fully saturated rings. The SMILES string of the molecule is Cc1oc([Si](C)(C)C(C)(C)C)cc1C=O. The standard InChI is InChI=1S/C12H20O2Si/c1-9-10(8-13)7-11(14-9)15(5,6)12(2,3)4/h7-8H,1-6H3. The molecule has 0 unspecified atom stereocenters. The third-order valence-corrected chi connectivity index (χ3v) is 8.80. The molecule has 2 nitrogen and oxygen atoms in total. The van der Waals surface area contributed by atoms with Crippen molar-refractivity contribution in [2.24, 2.45) is 0 Å². The molecule has 1 rings (SSSR count). The highest BCUT2D eigenvalue weighted by Crippen LogP contribution is 2.36. The Kier molecular flexibility index (Phi) is 2.96. The second-order valence-electron chi connectivity index (χ2n) is 5.62. The van der Waals surface area contributed by atoms with Crippen molar-refractivity contribution in [2.75, 3.05) is 0 Å². The van der Waals surface area contributed by atoms with Crippen molar-refractivity contribution < 1.29 is 9.21 Å². The quantitative estimate of drug-likeness (QED) is 0.571. The summed E-state index contributed by atoms with van der Waals surface area (Å²) in [6.45, 7) is 13.1. The van der Waals surface area contributed by atoms with Gasteiger partial charge >= 0.3 is 0 Å². The third-order valence-electron chi connectivity index (χ3n) is 3.57. The molecule has 0 aromatic carbocycles. The zero-order chi connectivity index (χ0) is 11.9. The van der Waals surface area contributed by atoms with Crippen LogP contribution >= 0.6 is 0 Å². The molecule has 0 saturated carbocycles. The minimum Gasteiger partial charge on any atom is -0.471 e. The number of hydrogen-bond donors (Lipinski definition) is 0. The molecular formula is C12H20O2Si. The molecule has 0 spiro atoms. The first-order valence-corrected chi connectivity index (χ1v) is 8.26. The molecule has 0 bridgehead atoms. The Morgan fingerprint density at radius 2 is 1.87 bits per heavy atom. The molecule has 0 aliphatic carbocycles. The smallest absolute Gasteiger partial charge is 0.153 e. The molecule has 0 N–H and O–H groups in total. The molecule has 1 heterocycles. The van der Waals surface area contributed by atoms with E-state index in [0.29, 0.717) is 5.56 Å². The van der Waals surface area contributed by atoms with Crippen LogP contribution in [0.3, 0.4) is 0 Å². The lowest BCUT2D eigenvalue weighted by Gasteiger charge is -2.34. The Balaban J connectivity index is 3.22. The molecule has 0 atom stereocenters. The minimum absolute atomic E-state index is 0.234. The average Bonchev–Trinajstić information content (AvgIpc) is 2.45. The molecule has 0 amide bonds. The second kappa shape index (κ2) is 3.63. The van der Waals surface area contributed by atoms with Crippen LogP contribution in [0.4, 0.5) is 0 Å². The van der Waals surface area contributed by atoms with Gasteiger partial charge in [0.25, 0.3) is 0 Å². The Labute approximate surface area is 92.7 Å². The zero-order valence-electron chi connectivity index (χ0n) is 10.5. The minimum atomic E-state index is -1.63. The van der Waals surface area contributed by atoms with Gasteiger partial charge in [-0.25, -0.2) is 0 Å². The summed E-state index contributed by atoms with van der Waals surface area (Å²) in [4.78, 5) is 10.8. The van der Waals surface area contributed by atoms with Gasteiger partial charge in [-0.3, -0.25) is 4.79 Å². The molecule has 84 valence electrons. The second-order valence-corrected chi connectivity index (χ2v) is 10.9. The van der Waals surface area contributed by atoms with Crippen molar-refractivity contribution in [3.63, 3.8) is 0 Å². The zero-order valence-corrected chi connectivity index (χ0v) is 11.5. The van der Waals surface area contributed by atoms with Gasteiger partial charge in [-0.2, -0.15) is 0 Å². The van der Waals surface area contributed by atoms with Gasteiger partial charge in [-0.1, -0.05) is 33.9 Å². The normalized spacial score (nSPS) is 12.9. The highest BCUT2D eigenvalue weighted by atomic mass is 28.3. The van der Waals surface area contributed by atoms with Crippen LogP contribution in [-0.4, -0.2) is 14.4 Å². The van der Waals surface area contributed by atoms with E-state index in [9.17, 15) is 4.79 Å². The molecule has 15 heavy (non-hydrogen) atoms. The fraction of sp³-hybridized carbons (Fsp3) is 0.583. The Morgan fingerprint density at radius 3 is 2.20 bits per heavy atom. The summed E-state index contributed by atoms with van der Waals surface area (Å²) in [5, 5.41) is 1.26. The molecule has 1 aromatic heterocycles. The topological polar surface area (TPSA) is 30.2 Å². The maximum absolute atomic E-state index is 10.8. The van der Waals surface area contributed by atoms with Crippen LogP contribution in [-0.2, 0) is 0 Å². The van der Waals surface area contributed by atoms with E-state index >= 15 is 0 Å². The van der Waals surface area contributed by atoms with Crippen molar-refractivity contribution in [3.8, 4) is 0 Å². The maximum Gasteiger partial charge on any atom is 0.153 e. The monoisotopic (exact) mass is 224 g/mol. The van der Waals surface area contributed by atoms with E-state index in [2.05, 4.69) is 33.9 Å². The van der Waals surface area contributed by atoms with Crippen molar-refractivity contribution in [2.45, 2.75) is 45.8 Å². The van der Waals surface area contributed by atoms with Gasteiger partial charge in [-0.05, 0) is 18.0 Å². The van der Waals surface area contributed by atoms with Gasteiger partial charge in [0.15, 0.2) is 6.29 Å². The summed E-state index contributed by atoms with van der Waals surface area (Å²) in [5.74, 6) is 0.741. The Morgan fingerprint density at radius 1 is 1.33 bits per heavy atom. The predicted octanol–water partition coefficient (Wildman–Crippen LogP) is 3.12. The van der Waals surface area contributed by atoms with Crippen LogP contribution in [0.5, 0.6) is 0 Å². The fourth-order valence-electron chi connectivity index (χ4n) is 1.29. The lowest BCUT2D eigenvalue weighted by atomic mass is 10.2. The van der Waals surface area contributed by atoms with E-state index in [1.165, 1.54) is 0 Å². The molecule has 0 aliphatic rings. The number of aldehydes is 1. The summed E-state index contributed by atoms with van der Waals surface area (Å²) in [7, 11) is -1.63. The van der Waals surface area contributed by atoms with Crippen LogP contribution < -0.4 is 5.38 Å². The lowest BCUT2D eigenvalue weighted by Crippen LogP contribution is -2.48. The van der Waals surface area contributed by atoms with Crippen LogP contribution in [0.25, 0.3) is 0 Å². The van der Waals surface area contributed by atoms with E-state index < -0.39 is 8.07 Å². The van der Waals surface area contributed by atoms with Crippen molar-refractivity contribution in [1.29, 1.82) is 0 Å². The lowest BCUT2D eigenvalue weighted by molar-refractivity contribution is 0.112. The van der Waals surface area contributed by atoms with E-state index in [4.69, 9.17) is 4.42 Å². The molecule has 0 saturated heterocycles. The first-order valence-electron chi connectivity index (χ1n) is 5.26. The summed E-state index contributed by atoms with van der Waals surface area (Å²) in [5.41, 5.74) is 0.690. The summed E-state index contributed by atoms with van der Waals surface area (Å²) in [6.07, 6.45) is 0.871. The van der Waals surface area contributed by atoms with Crippen molar-refractivity contribution in [1.82, 2.24) is 0 Å². The molecule has 3 heteroatoms. The first kappa shape index (κ1) is 12.2. The van der Waals surface area contributed by atoms with E-state index in [1.807, 2.05) is 13.0 Å². The number of rotatable bonds is 2. The van der Waals surface area contributed by atoms with Crippen LogP contribution in [0.2, 0.25) is 18.1 Å². The number of aryl methyl sites for hydroxylation is 1. The largest absolute Gasteiger partial charge is 0.471 e. The van der Waals surface area contributed by atoms with Gasteiger partial charge in [-0.15, -0.1) is 0 Å². The molecular weight excluding hydrogens is 204 g/mol. The first-order chi connectivity index (χ1) is 6.70. The van der Waals surface area contributed by atoms with Gasteiger partial charge in [0, 0.05) is 0 Å². The van der Waals surface area contributed by atoms with Crippen molar-refractivity contribution >= 4 is 19.7 Å². The molecule has 0 radical (unpaired) electrons. The van der Waals surface area contributed by atoms with Crippen LogP contribution in [0.1, 0.15) is 36.9 Å². The number of carbonyl (C=O) groups is 1. The summed E-state index contributed by atoms with van der Waals surface area (Å²) < 4.78 is 5.73. The number of carbonyl (C=O) groups excluding carboxylic acids is 1. The molecule has 1 aromatic rings. The number of hydrogen-bond acceptors (Lipinski definition) is 2. The van der Waals surface area contributed by atoms with Gasteiger partial charge in [0.05, 0.1) is 10.9 Å². The molecule has 0 aliphatic heterocycles.